The van der Waals surface area contributed by atoms with E-state index in [1.165, 1.54) is 55.2 Å². The van der Waals surface area contributed by atoms with E-state index >= 15 is 0 Å². The highest BCUT2D eigenvalue weighted by Gasteiger charge is 2.21. The summed E-state index contributed by atoms with van der Waals surface area (Å²) in [6.07, 6.45) is 8.59. The highest BCUT2D eigenvalue weighted by atomic mass is 16.5. The van der Waals surface area contributed by atoms with Crippen molar-refractivity contribution in [2.24, 2.45) is 5.92 Å². The van der Waals surface area contributed by atoms with Gasteiger partial charge in [-0.25, -0.2) is 4.98 Å². The summed E-state index contributed by atoms with van der Waals surface area (Å²) in [6.45, 7) is 2.26. The summed E-state index contributed by atoms with van der Waals surface area (Å²) in [7, 11) is 5.91. The number of aryl methyl sites for hydroxylation is 1. The van der Waals surface area contributed by atoms with Crippen LogP contribution in [0.25, 0.3) is 10.9 Å². The Hall–Kier alpha value is -2.79. The standard InChI is InChI=1S/C29H40N4O/c1-33(2)28-20-29(32-27-10-5-4-9-26(27)28)31-24-15-11-23(12-16-24)21-30-19-7-6-8-22-13-17-25(34-3)18-14-22/h4-5,9-10,13-14,17-18,20,23-24,30H,6-8,11-12,15-16,19,21H2,1-3H3,(H,31,32)/t23-,24+. The molecule has 4 rings (SSSR count). The topological polar surface area (TPSA) is 49.4 Å². The predicted molar refractivity (Wildman–Crippen MR) is 144 cm³/mol. The maximum atomic E-state index is 5.23. The highest BCUT2D eigenvalue weighted by Crippen LogP contribution is 2.30. The van der Waals surface area contributed by atoms with Gasteiger partial charge in [-0.05, 0) is 87.7 Å². The molecule has 1 aliphatic carbocycles. The third-order valence-electron chi connectivity index (χ3n) is 7.04. The molecule has 0 unspecified atom stereocenters. The molecule has 3 aromatic rings. The van der Waals surface area contributed by atoms with E-state index in [9.17, 15) is 0 Å². The molecule has 1 aromatic heterocycles. The van der Waals surface area contributed by atoms with Gasteiger partial charge in [-0.3, -0.25) is 0 Å². The first-order valence-electron chi connectivity index (χ1n) is 12.8. The van der Waals surface area contributed by atoms with E-state index in [0.717, 1.165) is 42.5 Å². The smallest absolute Gasteiger partial charge is 0.128 e. The fraction of sp³-hybridized carbons (Fsp3) is 0.483. The van der Waals surface area contributed by atoms with Gasteiger partial charge >= 0.3 is 0 Å². The molecule has 2 N–H and O–H groups in total. The summed E-state index contributed by atoms with van der Waals surface area (Å²) in [5.74, 6) is 2.73. The minimum Gasteiger partial charge on any atom is -0.497 e. The van der Waals surface area contributed by atoms with Crippen LogP contribution < -0.4 is 20.3 Å². The van der Waals surface area contributed by atoms with Crippen molar-refractivity contribution in [1.29, 1.82) is 0 Å². The van der Waals surface area contributed by atoms with E-state index in [1.807, 2.05) is 0 Å². The summed E-state index contributed by atoms with van der Waals surface area (Å²) in [6, 6.07) is 19.6. The number of aromatic nitrogens is 1. The number of ether oxygens (including phenoxy) is 1. The van der Waals surface area contributed by atoms with E-state index < -0.39 is 0 Å². The van der Waals surface area contributed by atoms with Crippen molar-refractivity contribution in [1.82, 2.24) is 10.3 Å². The van der Waals surface area contributed by atoms with E-state index in [2.05, 4.69) is 84.2 Å². The van der Waals surface area contributed by atoms with Gasteiger partial charge in [-0.2, -0.15) is 0 Å². The third kappa shape index (κ3) is 6.63. The number of para-hydroxylation sites is 1. The molecule has 5 nitrogen and oxygen atoms in total. The van der Waals surface area contributed by atoms with Crippen LogP contribution in [0.2, 0.25) is 0 Å². The van der Waals surface area contributed by atoms with E-state index in [1.54, 1.807) is 7.11 Å². The fourth-order valence-corrected chi connectivity index (χ4v) is 5.00. The van der Waals surface area contributed by atoms with Gasteiger partial charge < -0.3 is 20.3 Å². The zero-order valence-electron chi connectivity index (χ0n) is 21.0. The van der Waals surface area contributed by atoms with Gasteiger partial charge in [0, 0.05) is 37.3 Å². The van der Waals surface area contributed by atoms with Crippen molar-refractivity contribution in [3.63, 3.8) is 0 Å². The van der Waals surface area contributed by atoms with Gasteiger partial charge in [0.1, 0.15) is 11.6 Å². The minimum atomic E-state index is 0.518. The SMILES string of the molecule is COc1ccc(CCCCNC[C@H]2CC[C@@H](Nc3cc(N(C)C)c4ccccc4n3)CC2)cc1. The average Bonchev–Trinajstić information content (AvgIpc) is 2.87. The van der Waals surface area contributed by atoms with Crippen LogP contribution in [0.15, 0.2) is 54.6 Å². The first kappa shape index (κ1) is 24.3. The second-order valence-electron chi connectivity index (χ2n) is 9.81. The number of benzene rings is 2. The van der Waals surface area contributed by atoms with Crippen LogP contribution in [0.4, 0.5) is 11.5 Å². The van der Waals surface area contributed by atoms with Crippen molar-refractivity contribution in [2.75, 3.05) is 44.5 Å². The predicted octanol–water partition coefficient (Wildman–Crippen LogP) is 5.89. The van der Waals surface area contributed by atoms with Gasteiger partial charge in [0.15, 0.2) is 0 Å². The third-order valence-corrected chi connectivity index (χ3v) is 7.04. The Balaban J connectivity index is 1.15. The molecule has 0 bridgehead atoms. The zero-order chi connectivity index (χ0) is 23.8. The number of fused-ring (bicyclic) bond motifs is 1. The molecule has 1 fully saturated rings. The number of rotatable bonds is 11. The Labute approximate surface area is 204 Å². The maximum absolute atomic E-state index is 5.23. The Morgan fingerprint density at radius 2 is 1.74 bits per heavy atom. The van der Waals surface area contributed by atoms with Gasteiger partial charge in [-0.15, -0.1) is 0 Å². The molecule has 2 aromatic carbocycles. The van der Waals surface area contributed by atoms with Crippen LogP contribution >= 0.6 is 0 Å². The molecule has 182 valence electrons. The van der Waals surface area contributed by atoms with Crippen LogP contribution in [0.5, 0.6) is 5.75 Å². The Morgan fingerprint density at radius 1 is 0.971 bits per heavy atom. The Bertz CT molecular complexity index is 1030. The van der Waals surface area contributed by atoms with E-state index in [4.69, 9.17) is 9.72 Å². The van der Waals surface area contributed by atoms with Crippen molar-refractivity contribution in [3.8, 4) is 5.75 Å². The molecular formula is C29H40N4O. The molecule has 0 spiro atoms. The number of unbranched alkanes of at least 4 members (excludes halogenated alkanes) is 1. The van der Waals surface area contributed by atoms with Crippen molar-refractivity contribution in [3.05, 3.63) is 60.2 Å². The van der Waals surface area contributed by atoms with Crippen LogP contribution in [0, 0.1) is 5.92 Å². The zero-order valence-corrected chi connectivity index (χ0v) is 21.0. The van der Waals surface area contributed by atoms with Gasteiger partial charge in [0.25, 0.3) is 0 Å². The molecule has 1 heterocycles. The number of nitrogens with zero attached hydrogens (tertiary/aromatic N) is 2. The largest absolute Gasteiger partial charge is 0.497 e. The van der Waals surface area contributed by atoms with Crippen molar-refractivity contribution < 1.29 is 4.74 Å². The molecule has 0 amide bonds. The fourth-order valence-electron chi connectivity index (χ4n) is 5.00. The van der Waals surface area contributed by atoms with Gasteiger partial charge in [0.05, 0.1) is 12.6 Å². The number of anilines is 2. The number of hydrogen-bond donors (Lipinski definition) is 2. The lowest BCUT2D eigenvalue weighted by Crippen LogP contribution is -2.31. The summed E-state index contributed by atoms with van der Waals surface area (Å²) in [5, 5.41) is 8.64. The summed E-state index contributed by atoms with van der Waals surface area (Å²) in [5.41, 5.74) is 3.67. The molecular weight excluding hydrogens is 420 g/mol. The first-order valence-corrected chi connectivity index (χ1v) is 12.8. The number of hydrogen-bond acceptors (Lipinski definition) is 5. The van der Waals surface area contributed by atoms with E-state index in [0.29, 0.717) is 6.04 Å². The average molecular weight is 461 g/mol. The monoisotopic (exact) mass is 460 g/mol. The number of pyridine rings is 1. The summed E-state index contributed by atoms with van der Waals surface area (Å²) >= 11 is 0. The second-order valence-corrected chi connectivity index (χ2v) is 9.81. The van der Waals surface area contributed by atoms with Gasteiger partial charge in [-0.1, -0.05) is 30.3 Å². The van der Waals surface area contributed by atoms with Crippen molar-refractivity contribution in [2.45, 2.75) is 51.0 Å². The molecule has 0 atom stereocenters. The molecule has 1 saturated carbocycles. The lowest BCUT2D eigenvalue weighted by molar-refractivity contribution is 0.324. The molecule has 0 radical (unpaired) electrons. The highest BCUT2D eigenvalue weighted by molar-refractivity contribution is 5.93. The molecule has 1 aliphatic rings. The maximum Gasteiger partial charge on any atom is 0.128 e. The second kappa shape index (κ2) is 12.1. The normalized spacial score (nSPS) is 18.1. The van der Waals surface area contributed by atoms with Crippen LogP contribution in [0.1, 0.15) is 44.1 Å². The van der Waals surface area contributed by atoms with Crippen molar-refractivity contribution >= 4 is 22.4 Å². The minimum absolute atomic E-state index is 0.518. The number of methoxy groups -OCH3 is 1. The molecule has 0 saturated heterocycles. The van der Waals surface area contributed by atoms with Crippen LogP contribution in [-0.2, 0) is 6.42 Å². The summed E-state index contributed by atoms with van der Waals surface area (Å²) < 4.78 is 5.23. The lowest BCUT2D eigenvalue weighted by atomic mass is 9.86. The summed E-state index contributed by atoms with van der Waals surface area (Å²) in [4.78, 5) is 7.06. The molecule has 34 heavy (non-hydrogen) atoms. The Morgan fingerprint density at radius 3 is 2.47 bits per heavy atom. The van der Waals surface area contributed by atoms with E-state index in [-0.39, 0.29) is 0 Å². The van der Waals surface area contributed by atoms with Crippen LogP contribution in [-0.4, -0.2) is 45.3 Å². The molecule has 0 aliphatic heterocycles. The quantitative estimate of drug-likeness (QED) is 0.349. The van der Waals surface area contributed by atoms with Gasteiger partial charge in [0.2, 0.25) is 0 Å². The Kier molecular flexibility index (Phi) is 8.64. The number of nitrogens with one attached hydrogen (secondary N) is 2. The first-order chi connectivity index (χ1) is 16.6. The molecule has 5 heteroatoms. The lowest BCUT2D eigenvalue weighted by Gasteiger charge is -2.30. The van der Waals surface area contributed by atoms with Crippen LogP contribution in [0.3, 0.4) is 0 Å².